The summed E-state index contributed by atoms with van der Waals surface area (Å²) >= 11 is 0. The summed E-state index contributed by atoms with van der Waals surface area (Å²) in [5.74, 6) is 0.456. The first-order chi connectivity index (χ1) is 4.02. The molecule has 0 bridgehead atoms. The topological polar surface area (TPSA) is 20.2 Å². The SMILES string of the molecule is CC[C@@H](CO)C(C)(C)C. The molecule has 0 aliphatic heterocycles. The second kappa shape index (κ2) is 3.21. The van der Waals surface area contributed by atoms with Crippen molar-refractivity contribution in [3.8, 4) is 0 Å². The molecule has 0 unspecified atom stereocenters. The Labute approximate surface area is 58.1 Å². The molecule has 1 heteroatoms. The zero-order valence-corrected chi connectivity index (χ0v) is 6.94. The Kier molecular flexibility index (Phi) is 3.20. The van der Waals surface area contributed by atoms with Gasteiger partial charge in [-0.05, 0) is 11.3 Å². The van der Waals surface area contributed by atoms with Crippen molar-refractivity contribution >= 4 is 0 Å². The minimum atomic E-state index is 0.267. The summed E-state index contributed by atoms with van der Waals surface area (Å²) in [6.45, 7) is 8.93. The first-order valence-electron chi connectivity index (χ1n) is 3.63. The fraction of sp³-hybridized carbons (Fsp3) is 1.00. The summed E-state index contributed by atoms with van der Waals surface area (Å²) < 4.78 is 0. The lowest BCUT2D eigenvalue weighted by Crippen LogP contribution is -2.22. The van der Waals surface area contributed by atoms with Gasteiger partial charge in [0.15, 0.2) is 0 Å². The summed E-state index contributed by atoms with van der Waals surface area (Å²) in [5.41, 5.74) is 0.267. The maximum atomic E-state index is 8.86. The summed E-state index contributed by atoms with van der Waals surface area (Å²) in [6, 6.07) is 0. The monoisotopic (exact) mass is 130 g/mol. The molecular formula is C8H18O. The van der Waals surface area contributed by atoms with Crippen molar-refractivity contribution in [3.63, 3.8) is 0 Å². The van der Waals surface area contributed by atoms with E-state index >= 15 is 0 Å². The molecule has 0 saturated heterocycles. The van der Waals surface area contributed by atoms with Gasteiger partial charge < -0.3 is 5.11 Å². The maximum Gasteiger partial charge on any atom is 0.0464 e. The number of hydrogen-bond donors (Lipinski definition) is 1. The van der Waals surface area contributed by atoms with E-state index in [2.05, 4.69) is 27.7 Å². The van der Waals surface area contributed by atoms with Crippen LogP contribution in [-0.4, -0.2) is 11.7 Å². The summed E-state index contributed by atoms with van der Waals surface area (Å²) in [4.78, 5) is 0. The molecule has 0 aromatic carbocycles. The number of aliphatic hydroxyl groups is 1. The first-order valence-corrected chi connectivity index (χ1v) is 3.63. The highest BCUT2D eigenvalue weighted by Crippen LogP contribution is 2.27. The lowest BCUT2D eigenvalue weighted by atomic mass is 9.80. The van der Waals surface area contributed by atoms with Crippen LogP contribution in [0.4, 0.5) is 0 Å². The molecule has 0 spiro atoms. The van der Waals surface area contributed by atoms with Gasteiger partial charge in [-0.3, -0.25) is 0 Å². The van der Waals surface area contributed by atoms with Gasteiger partial charge >= 0.3 is 0 Å². The molecule has 0 aromatic rings. The normalized spacial score (nSPS) is 15.7. The van der Waals surface area contributed by atoms with Gasteiger partial charge in [0, 0.05) is 6.61 Å². The second-order valence-corrected chi connectivity index (χ2v) is 3.65. The van der Waals surface area contributed by atoms with Gasteiger partial charge in [0.05, 0.1) is 0 Å². The quantitative estimate of drug-likeness (QED) is 0.606. The fourth-order valence-electron chi connectivity index (χ4n) is 1.02. The predicted octanol–water partition coefficient (Wildman–Crippen LogP) is 2.05. The summed E-state index contributed by atoms with van der Waals surface area (Å²) in [6.07, 6.45) is 1.07. The molecule has 0 fully saturated rings. The van der Waals surface area contributed by atoms with Crippen LogP contribution in [0.25, 0.3) is 0 Å². The highest BCUT2D eigenvalue weighted by molar-refractivity contribution is 4.71. The summed E-state index contributed by atoms with van der Waals surface area (Å²) in [7, 11) is 0. The smallest absolute Gasteiger partial charge is 0.0464 e. The van der Waals surface area contributed by atoms with Gasteiger partial charge in [-0.1, -0.05) is 34.1 Å². The highest BCUT2D eigenvalue weighted by atomic mass is 16.3. The maximum absolute atomic E-state index is 8.86. The third-order valence-electron chi connectivity index (χ3n) is 1.94. The molecule has 56 valence electrons. The molecule has 0 aliphatic carbocycles. The van der Waals surface area contributed by atoms with E-state index in [0.29, 0.717) is 12.5 Å². The van der Waals surface area contributed by atoms with E-state index < -0.39 is 0 Å². The van der Waals surface area contributed by atoms with Crippen LogP contribution in [-0.2, 0) is 0 Å². The number of aliphatic hydroxyl groups excluding tert-OH is 1. The minimum Gasteiger partial charge on any atom is -0.396 e. The van der Waals surface area contributed by atoms with Gasteiger partial charge in [-0.25, -0.2) is 0 Å². The molecule has 0 aliphatic rings. The standard InChI is InChI=1S/C8H18O/c1-5-7(6-9)8(2,3)4/h7,9H,5-6H2,1-4H3/t7-/m0/s1. The van der Waals surface area contributed by atoms with Gasteiger partial charge in [-0.15, -0.1) is 0 Å². The Morgan fingerprint density at radius 2 is 1.78 bits per heavy atom. The van der Waals surface area contributed by atoms with E-state index in [9.17, 15) is 0 Å². The number of hydrogen-bond acceptors (Lipinski definition) is 1. The predicted molar refractivity (Wildman–Crippen MR) is 40.3 cm³/mol. The van der Waals surface area contributed by atoms with E-state index in [4.69, 9.17) is 5.11 Å². The zero-order valence-electron chi connectivity index (χ0n) is 6.94. The Bertz CT molecular complexity index is 67.1. The van der Waals surface area contributed by atoms with Crippen molar-refractivity contribution in [3.05, 3.63) is 0 Å². The first kappa shape index (κ1) is 8.96. The molecule has 0 rings (SSSR count). The molecule has 1 nitrogen and oxygen atoms in total. The molecular weight excluding hydrogens is 112 g/mol. The van der Waals surface area contributed by atoms with Crippen LogP contribution in [0.2, 0.25) is 0 Å². The van der Waals surface area contributed by atoms with Crippen molar-refractivity contribution in [2.75, 3.05) is 6.61 Å². The third-order valence-corrected chi connectivity index (χ3v) is 1.94. The van der Waals surface area contributed by atoms with Crippen LogP contribution in [0.15, 0.2) is 0 Å². The van der Waals surface area contributed by atoms with Crippen LogP contribution in [0, 0.1) is 11.3 Å². The van der Waals surface area contributed by atoms with Crippen molar-refractivity contribution < 1.29 is 5.11 Å². The van der Waals surface area contributed by atoms with Crippen molar-refractivity contribution in [1.82, 2.24) is 0 Å². The van der Waals surface area contributed by atoms with Crippen molar-refractivity contribution in [2.24, 2.45) is 11.3 Å². The van der Waals surface area contributed by atoms with Gasteiger partial charge in [0.2, 0.25) is 0 Å². The van der Waals surface area contributed by atoms with Crippen LogP contribution in [0.5, 0.6) is 0 Å². The van der Waals surface area contributed by atoms with E-state index in [1.165, 1.54) is 0 Å². The molecule has 1 atom stereocenters. The zero-order chi connectivity index (χ0) is 7.49. The Morgan fingerprint density at radius 1 is 1.33 bits per heavy atom. The fourth-order valence-corrected chi connectivity index (χ4v) is 1.02. The average Bonchev–Trinajstić information content (AvgIpc) is 1.65. The van der Waals surface area contributed by atoms with E-state index in [1.54, 1.807) is 0 Å². The van der Waals surface area contributed by atoms with Gasteiger partial charge in [0.1, 0.15) is 0 Å². The largest absolute Gasteiger partial charge is 0.396 e. The van der Waals surface area contributed by atoms with Crippen LogP contribution in [0.3, 0.4) is 0 Å². The van der Waals surface area contributed by atoms with Crippen molar-refractivity contribution in [1.29, 1.82) is 0 Å². The van der Waals surface area contributed by atoms with Crippen molar-refractivity contribution in [2.45, 2.75) is 34.1 Å². The molecule has 0 amide bonds. The molecule has 9 heavy (non-hydrogen) atoms. The molecule has 0 radical (unpaired) electrons. The average molecular weight is 130 g/mol. The molecule has 0 saturated carbocycles. The van der Waals surface area contributed by atoms with E-state index in [1.807, 2.05) is 0 Å². The molecule has 0 heterocycles. The third kappa shape index (κ3) is 2.85. The number of rotatable bonds is 2. The Hall–Kier alpha value is -0.0400. The van der Waals surface area contributed by atoms with Crippen LogP contribution >= 0.6 is 0 Å². The molecule has 0 aromatic heterocycles. The molecule has 1 N–H and O–H groups in total. The van der Waals surface area contributed by atoms with Gasteiger partial charge in [0.25, 0.3) is 0 Å². The Morgan fingerprint density at radius 3 is 1.78 bits per heavy atom. The van der Waals surface area contributed by atoms with Gasteiger partial charge in [-0.2, -0.15) is 0 Å². The van der Waals surface area contributed by atoms with Crippen LogP contribution in [0.1, 0.15) is 34.1 Å². The highest BCUT2D eigenvalue weighted by Gasteiger charge is 2.21. The lowest BCUT2D eigenvalue weighted by Gasteiger charge is -2.27. The minimum absolute atomic E-state index is 0.267. The van der Waals surface area contributed by atoms with Crippen LogP contribution < -0.4 is 0 Å². The van der Waals surface area contributed by atoms with E-state index in [-0.39, 0.29) is 5.41 Å². The Balaban J connectivity index is 3.79. The summed E-state index contributed by atoms with van der Waals surface area (Å²) in [5, 5.41) is 8.86. The lowest BCUT2D eigenvalue weighted by molar-refractivity contribution is 0.127. The van der Waals surface area contributed by atoms with E-state index in [0.717, 1.165) is 6.42 Å². The second-order valence-electron chi connectivity index (χ2n) is 3.65.